The summed E-state index contributed by atoms with van der Waals surface area (Å²) in [6.45, 7) is 5.28. The van der Waals surface area contributed by atoms with Gasteiger partial charge in [0, 0.05) is 44.5 Å². The Kier molecular flexibility index (Phi) is 10.9. The van der Waals surface area contributed by atoms with E-state index in [1.807, 2.05) is 36.4 Å². The van der Waals surface area contributed by atoms with E-state index in [-0.39, 0.29) is 23.3 Å². The van der Waals surface area contributed by atoms with Gasteiger partial charge in [-0.15, -0.1) is 0 Å². The maximum absolute atomic E-state index is 12.3. The van der Waals surface area contributed by atoms with E-state index >= 15 is 0 Å². The molecule has 0 unspecified atom stereocenters. The zero-order valence-corrected chi connectivity index (χ0v) is 37.4. The fraction of sp³-hybridized carbons (Fsp3) is 0.161. The lowest BCUT2D eigenvalue weighted by Crippen LogP contribution is -2.30. The second-order valence-corrected chi connectivity index (χ2v) is 18.2. The van der Waals surface area contributed by atoms with Crippen molar-refractivity contribution in [3.8, 4) is 67.5 Å². The summed E-state index contributed by atoms with van der Waals surface area (Å²) >= 11 is 0. The van der Waals surface area contributed by atoms with Crippen molar-refractivity contribution in [2.45, 2.75) is 39.5 Å². The number of aryl methyl sites for hydroxylation is 2. The van der Waals surface area contributed by atoms with Crippen molar-refractivity contribution in [3.05, 3.63) is 193 Å². The first-order chi connectivity index (χ1) is 32.4. The number of para-hydroxylation sites is 2. The van der Waals surface area contributed by atoms with Crippen LogP contribution in [0.3, 0.4) is 0 Å². The molecule has 2 N–H and O–H groups in total. The molecule has 66 heavy (non-hydrogen) atoms. The highest BCUT2D eigenvalue weighted by atomic mass is 16.5. The van der Waals surface area contributed by atoms with E-state index < -0.39 is 0 Å². The number of ether oxygens (including phenoxy) is 2. The van der Waals surface area contributed by atoms with Crippen molar-refractivity contribution in [1.82, 2.24) is 0 Å². The number of phenolic OH excluding ortho intramolecular Hbond substituents is 2. The predicted molar refractivity (Wildman–Crippen MR) is 274 cm³/mol. The summed E-state index contributed by atoms with van der Waals surface area (Å²) < 4.78 is 13.7. The Hall–Kier alpha value is -7.56. The summed E-state index contributed by atoms with van der Waals surface area (Å²) in [5, 5.41) is 33.6. The lowest BCUT2D eigenvalue weighted by Gasteiger charge is -2.32. The van der Waals surface area contributed by atoms with Gasteiger partial charge in [-0.1, -0.05) is 146 Å². The molecule has 0 radical (unpaired) electrons. The molecule has 0 saturated heterocycles. The molecule has 0 amide bonds. The molecule has 324 valence electrons. The summed E-state index contributed by atoms with van der Waals surface area (Å²) in [6.07, 6.45) is 4.39. The molecular formula is C62H52O4. The minimum Gasteiger partial charge on any atom is -0.507 e. The van der Waals surface area contributed by atoms with Crippen LogP contribution in [0.5, 0.6) is 23.0 Å². The normalized spacial score (nSPS) is 15.1. The van der Waals surface area contributed by atoms with E-state index in [0.717, 1.165) is 136 Å². The molecule has 1 fully saturated rings. The first-order valence-electron chi connectivity index (χ1n) is 23.3. The van der Waals surface area contributed by atoms with Crippen LogP contribution < -0.4 is 9.47 Å². The Morgan fingerprint density at radius 3 is 1.08 bits per heavy atom. The fourth-order valence-electron chi connectivity index (χ4n) is 10.7. The summed E-state index contributed by atoms with van der Waals surface area (Å²) in [5.41, 5.74) is 9.08. The molecule has 0 aliphatic heterocycles. The Balaban J connectivity index is 0.876. The van der Waals surface area contributed by atoms with Crippen molar-refractivity contribution < 1.29 is 19.7 Å². The molecule has 10 aromatic carbocycles. The minimum absolute atomic E-state index is 0.248. The smallest absolute Gasteiger partial charge is 0.131 e. The standard InChI is InChI=1S/C62H52O4/c1-39-31-53(61(63)55(33-39)59-47-23-9-5-17-41(47)35-42-18-6-10-24-48(42)59)51-27-13-15-29-57(51)65-37-45-21-3-4-22-46(45)38-66-58-30-16-14-28-52(58)54-32-40(2)34-56(62(54)64)60-49-25-11-7-19-43(49)36-44-20-8-12-26-50(44)60/h5-20,23-36,45-46,63-64H,3-4,21-22,37-38H2,1-2H3/t45-,46-/m0/s1. The van der Waals surface area contributed by atoms with Crippen LogP contribution in [0, 0.1) is 25.7 Å². The van der Waals surface area contributed by atoms with Crippen molar-refractivity contribution in [2.24, 2.45) is 11.8 Å². The van der Waals surface area contributed by atoms with E-state index in [1.54, 1.807) is 0 Å². The number of benzene rings is 10. The van der Waals surface area contributed by atoms with Gasteiger partial charge in [0.05, 0.1) is 13.2 Å². The molecule has 4 heteroatoms. The summed E-state index contributed by atoms with van der Waals surface area (Å²) in [5.74, 6) is 2.57. The molecule has 1 aliphatic carbocycles. The lowest BCUT2D eigenvalue weighted by atomic mass is 9.80. The molecule has 0 bridgehead atoms. The fourth-order valence-corrected chi connectivity index (χ4v) is 10.7. The van der Waals surface area contributed by atoms with Gasteiger partial charge < -0.3 is 19.7 Å². The zero-order valence-electron chi connectivity index (χ0n) is 37.4. The van der Waals surface area contributed by atoms with Gasteiger partial charge in [0.25, 0.3) is 0 Å². The third kappa shape index (κ3) is 7.56. The van der Waals surface area contributed by atoms with Crippen LogP contribution in [0.4, 0.5) is 0 Å². The van der Waals surface area contributed by atoms with Crippen LogP contribution in [0.25, 0.3) is 87.6 Å². The molecule has 0 aromatic heterocycles. The molecule has 11 rings (SSSR count). The van der Waals surface area contributed by atoms with Crippen molar-refractivity contribution >= 4 is 43.1 Å². The number of fused-ring (bicyclic) bond motifs is 4. The molecule has 10 aromatic rings. The molecule has 0 heterocycles. The van der Waals surface area contributed by atoms with Crippen LogP contribution in [0.15, 0.2) is 182 Å². The average Bonchev–Trinajstić information content (AvgIpc) is 3.35. The topological polar surface area (TPSA) is 58.9 Å². The summed E-state index contributed by atoms with van der Waals surface area (Å²) in [6, 6.07) is 62.8. The van der Waals surface area contributed by atoms with E-state index in [4.69, 9.17) is 9.47 Å². The molecule has 4 nitrogen and oxygen atoms in total. The first-order valence-corrected chi connectivity index (χ1v) is 23.3. The van der Waals surface area contributed by atoms with Gasteiger partial charge in [0.1, 0.15) is 23.0 Å². The molecule has 2 atom stereocenters. The van der Waals surface area contributed by atoms with E-state index in [1.165, 1.54) is 0 Å². The number of rotatable bonds is 10. The SMILES string of the molecule is Cc1cc(-c2ccccc2OC[C@@H]2CCCC[C@H]2COc2ccccc2-c2cc(C)cc(-c3c4ccccc4cc4ccccc34)c2O)c(O)c(-c2c3ccccc3cc3ccccc23)c1. The summed E-state index contributed by atoms with van der Waals surface area (Å²) in [7, 11) is 0. The second kappa shape index (κ2) is 17.4. The van der Waals surface area contributed by atoms with Crippen molar-refractivity contribution in [1.29, 1.82) is 0 Å². The molecule has 0 spiro atoms. The highest BCUT2D eigenvalue weighted by Crippen LogP contribution is 2.49. The van der Waals surface area contributed by atoms with Gasteiger partial charge in [0.15, 0.2) is 0 Å². The Morgan fingerprint density at radius 2 is 0.697 bits per heavy atom. The number of hydrogen-bond donors (Lipinski definition) is 2. The quantitative estimate of drug-likeness (QED) is 0.135. The van der Waals surface area contributed by atoms with E-state index in [0.29, 0.717) is 13.2 Å². The maximum atomic E-state index is 12.3. The van der Waals surface area contributed by atoms with Crippen LogP contribution in [-0.2, 0) is 0 Å². The molecule has 1 saturated carbocycles. The van der Waals surface area contributed by atoms with Gasteiger partial charge >= 0.3 is 0 Å². The first kappa shape index (κ1) is 41.2. The lowest BCUT2D eigenvalue weighted by molar-refractivity contribution is 0.105. The highest BCUT2D eigenvalue weighted by molar-refractivity contribution is 6.15. The number of phenols is 2. The predicted octanol–water partition coefficient (Wildman–Crippen LogP) is 16.3. The van der Waals surface area contributed by atoms with Gasteiger partial charge in [-0.3, -0.25) is 0 Å². The monoisotopic (exact) mass is 860 g/mol. The molecular weight excluding hydrogens is 809 g/mol. The van der Waals surface area contributed by atoms with Crippen molar-refractivity contribution in [3.63, 3.8) is 0 Å². The van der Waals surface area contributed by atoms with Gasteiger partial charge in [-0.25, -0.2) is 0 Å². The average molecular weight is 861 g/mol. The highest BCUT2D eigenvalue weighted by Gasteiger charge is 2.28. The van der Waals surface area contributed by atoms with Crippen LogP contribution in [0.1, 0.15) is 36.8 Å². The summed E-state index contributed by atoms with van der Waals surface area (Å²) in [4.78, 5) is 0. The number of hydrogen-bond acceptors (Lipinski definition) is 4. The Labute approximate surface area is 386 Å². The van der Waals surface area contributed by atoms with E-state index in [9.17, 15) is 10.2 Å². The van der Waals surface area contributed by atoms with Gasteiger partial charge in [0.2, 0.25) is 0 Å². The third-order valence-electron chi connectivity index (χ3n) is 13.9. The second-order valence-electron chi connectivity index (χ2n) is 18.2. The third-order valence-corrected chi connectivity index (χ3v) is 13.9. The Bertz CT molecular complexity index is 3120. The Morgan fingerprint density at radius 1 is 0.379 bits per heavy atom. The minimum atomic E-state index is 0.248. The van der Waals surface area contributed by atoms with Crippen LogP contribution >= 0.6 is 0 Å². The van der Waals surface area contributed by atoms with E-state index in [2.05, 4.69) is 159 Å². The van der Waals surface area contributed by atoms with Gasteiger partial charge in [-0.05, 0) is 141 Å². The largest absolute Gasteiger partial charge is 0.507 e. The maximum Gasteiger partial charge on any atom is 0.131 e. The van der Waals surface area contributed by atoms with Gasteiger partial charge in [-0.2, -0.15) is 0 Å². The molecule has 1 aliphatic rings. The van der Waals surface area contributed by atoms with Crippen molar-refractivity contribution in [2.75, 3.05) is 13.2 Å². The zero-order chi connectivity index (χ0) is 44.7. The number of aromatic hydroxyl groups is 2. The van der Waals surface area contributed by atoms with Crippen LogP contribution in [-0.4, -0.2) is 23.4 Å². The van der Waals surface area contributed by atoms with Crippen LogP contribution in [0.2, 0.25) is 0 Å².